The molecule has 3 aromatic heterocycles. The van der Waals surface area contributed by atoms with Crippen molar-refractivity contribution in [3.8, 4) is 10.8 Å². The maximum Gasteiger partial charge on any atom is 0.188 e. The molecule has 0 N–H and O–H groups in total. The van der Waals surface area contributed by atoms with Crippen LogP contribution in [-0.4, -0.2) is 44.1 Å². The second kappa shape index (κ2) is 8.44. The molecule has 0 bridgehead atoms. The Morgan fingerprint density at radius 3 is 2.85 bits per heavy atom. The van der Waals surface area contributed by atoms with Crippen LogP contribution in [-0.2, 0) is 17.8 Å². The summed E-state index contributed by atoms with van der Waals surface area (Å²) in [7, 11) is 0. The lowest BCUT2D eigenvalue weighted by Crippen LogP contribution is -2.31. The molecule has 1 aliphatic heterocycles. The quantitative estimate of drug-likeness (QED) is 0.639. The van der Waals surface area contributed by atoms with E-state index in [1.165, 1.54) is 5.56 Å². The molecule has 26 heavy (non-hydrogen) atoms. The van der Waals surface area contributed by atoms with Gasteiger partial charge < -0.3 is 4.74 Å². The van der Waals surface area contributed by atoms with Gasteiger partial charge in [-0.1, -0.05) is 6.07 Å². The maximum atomic E-state index is 5.84. The molecule has 0 aromatic carbocycles. The van der Waals surface area contributed by atoms with Crippen molar-refractivity contribution in [2.45, 2.75) is 32.0 Å². The Bertz CT molecular complexity index is 805. The highest BCUT2D eigenvalue weighted by atomic mass is 32.1. The molecule has 4 rings (SSSR count). The highest BCUT2D eigenvalue weighted by Gasteiger charge is 2.20. The second-order valence-electron chi connectivity index (χ2n) is 6.38. The van der Waals surface area contributed by atoms with Gasteiger partial charge in [0.15, 0.2) is 10.8 Å². The lowest BCUT2D eigenvalue weighted by Gasteiger charge is -2.24. The summed E-state index contributed by atoms with van der Waals surface area (Å²) in [5, 5.41) is 2.95. The van der Waals surface area contributed by atoms with Crippen LogP contribution in [0.1, 0.15) is 24.1 Å². The molecule has 1 fully saturated rings. The molecule has 0 radical (unpaired) electrons. The van der Waals surface area contributed by atoms with E-state index in [2.05, 4.69) is 31.3 Å². The zero-order chi connectivity index (χ0) is 17.6. The van der Waals surface area contributed by atoms with E-state index in [0.717, 1.165) is 49.8 Å². The van der Waals surface area contributed by atoms with E-state index >= 15 is 0 Å². The zero-order valence-corrected chi connectivity index (χ0v) is 15.3. The number of hydrogen-bond acceptors (Lipinski definition) is 7. The summed E-state index contributed by atoms with van der Waals surface area (Å²) >= 11 is 1.59. The first-order valence-corrected chi connectivity index (χ1v) is 9.69. The molecule has 3 aromatic rings. The van der Waals surface area contributed by atoms with Gasteiger partial charge in [0.05, 0.1) is 11.8 Å². The van der Waals surface area contributed by atoms with Crippen LogP contribution < -0.4 is 0 Å². The number of thiazole rings is 1. The summed E-state index contributed by atoms with van der Waals surface area (Å²) in [5.74, 6) is 0.682. The van der Waals surface area contributed by atoms with Gasteiger partial charge in [-0.05, 0) is 30.5 Å². The lowest BCUT2D eigenvalue weighted by molar-refractivity contribution is 0.0675. The topological polar surface area (TPSA) is 64.0 Å². The van der Waals surface area contributed by atoms with E-state index in [1.54, 1.807) is 29.9 Å². The van der Waals surface area contributed by atoms with Crippen molar-refractivity contribution in [1.29, 1.82) is 0 Å². The minimum Gasteiger partial charge on any atom is -0.377 e. The molecule has 1 atom stereocenters. The van der Waals surface area contributed by atoms with Crippen LogP contribution in [0.15, 0.2) is 48.4 Å². The number of ether oxygens (including phenoxy) is 1. The highest BCUT2D eigenvalue weighted by Crippen LogP contribution is 2.22. The second-order valence-corrected chi connectivity index (χ2v) is 7.24. The predicted octanol–water partition coefficient (Wildman–Crippen LogP) is 3.18. The van der Waals surface area contributed by atoms with E-state index in [0.29, 0.717) is 11.9 Å². The fourth-order valence-electron chi connectivity index (χ4n) is 3.13. The number of aromatic nitrogens is 4. The third-order valence-electron chi connectivity index (χ3n) is 4.31. The first-order chi connectivity index (χ1) is 12.9. The van der Waals surface area contributed by atoms with Gasteiger partial charge in [0.25, 0.3) is 0 Å². The lowest BCUT2D eigenvalue weighted by atomic mass is 10.2. The van der Waals surface area contributed by atoms with Gasteiger partial charge in [-0.2, -0.15) is 0 Å². The third kappa shape index (κ3) is 4.49. The Morgan fingerprint density at radius 2 is 2.08 bits per heavy atom. The van der Waals surface area contributed by atoms with Crippen molar-refractivity contribution < 1.29 is 4.74 Å². The molecule has 0 saturated carbocycles. The fourth-order valence-corrected chi connectivity index (χ4v) is 3.89. The minimum atomic E-state index is 0.308. The van der Waals surface area contributed by atoms with Crippen molar-refractivity contribution in [2.75, 3.05) is 13.2 Å². The predicted molar refractivity (Wildman–Crippen MR) is 100 cm³/mol. The standard InChI is InChI=1S/C19H21N5OS/c1-4-15(10-20-6-1)11-24(13-17-5-2-9-25-17)12-16-14-26-19(23-16)18-21-7-3-8-22-18/h1,3-4,6-8,10,14,17H,2,5,9,11-13H2. The van der Waals surface area contributed by atoms with Crippen molar-refractivity contribution in [2.24, 2.45) is 0 Å². The summed E-state index contributed by atoms with van der Waals surface area (Å²) in [4.78, 5) is 19.9. The highest BCUT2D eigenvalue weighted by molar-refractivity contribution is 7.13. The molecule has 0 spiro atoms. The van der Waals surface area contributed by atoms with Crippen LogP contribution in [0.5, 0.6) is 0 Å². The van der Waals surface area contributed by atoms with Crippen LogP contribution >= 0.6 is 11.3 Å². The van der Waals surface area contributed by atoms with Crippen LogP contribution in [0, 0.1) is 0 Å². The summed E-state index contributed by atoms with van der Waals surface area (Å²) in [6, 6.07) is 5.91. The number of rotatable bonds is 7. The Morgan fingerprint density at radius 1 is 1.15 bits per heavy atom. The monoisotopic (exact) mass is 367 g/mol. The van der Waals surface area contributed by atoms with Gasteiger partial charge in [-0.25, -0.2) is 15.0 Å². The molecule has 7 heteroatoms. The van der Waals surface area contributed by atoms with Gasteiger partial charge >= 0.3 is 0 Å². The third-order valence-corrected chi connectivity index (χ3v) is 5.20. The largest absolute Gasteiger partial charge is 0.377 e. The molecule has 6 nitrogen and oxygen atoms in total. The van der Waals surface area contributed by atoms with Gasteiger partial charge in [0.2, 0.25) is 0 Å². The SMILES string of the molecule is c1cnc(-c2nc(CN(Cc3cccnc3)CC3CCCO3)cs2)nc1. The Labute approximate surface area is 156 Å². The van der Waals surface area contributed by atoms with Crippen LogP contribution in [0.25, 0.3) is 10.8 Å². The van der Waals surface area contributed by atoms with Gasteiger partial charge in [0, 0.05) is 56.4 Å². The molecule has 0 aliphatic carbocycles. The smallest absolute Gasteiger partial charge is 0.188 e. The van der Waals surface area contributed by atoms with E-state index in [9.17, 15) is 0 Å². The normalized spacial score (nSPS) is 17.0. The summed E-state index contributed by atoms with van der Waals surface area (Å²) in [6.07, 6.45) is 9.81. The molecule has 1 aliphatic rings. The Kier molecular flexibility index (Phi) is 5.59. The fraction of sp³-hybridized carbons (Fsp3) is 0.368. The van der Waals surface area contributed by atoms with Gasteiger partial charge in [-0.15, -0.1) is 11.3 Å². The zero-order valence-electron chi connectivity index (χ0n) is 14.5. The number of pyridine rings is 1. The van der Waals surface area contributed by atoms with Crippen molar-refractivity contribution in [1.82, 2.24) is 24.8 Å². The van der Waals surface area contributed by atoms with E-state index in [-0.39, 0.29) is 0 Å². The average molecular weight is 367 g/mol. The summed E-state index contributed by atoms with van der Waals surface area (Å²) in [5.41, 5.74) is 2.24. The molecule has 134 valence electrons. The molecular formula is C19H21N5OS. The first-order valence-electron chi connectivity index (χ1n) is 8.81. The Balaban J connectivity index is 1.47. The van der Waals surface area contributed by atoms with Crippen LogP contribution in [0.2, 0.25) is 0 Å². The van der Waals surface area contributed by atoms with Crippen molar-refractivity contribution in [3.05, 3.63) is 59.6 Å². The van der Waals surface area contributed by atoms with Crippen molar-refractivity contribution in [3.63, 3.8) is 0 Å². The van der Waals surface area contributed by atoms with Gasteiger partial charge in [-0.3, -0.25) is 9.88 Å². The molecule has 1 unspecified atom stereocenters. The van der Waals surface area contributed by atoms with E-state index in [1.807, 2.05) is 18.3 Å². The molecular weight excluding hydrogens is 346 g/mol. The number of hydrogen-bond donors (Lipinski definition) is 0. The summed E-state index contributed by atoms with van der Waals surface area (Å²) in [6.45, 7) is 3.39. The minimum absolute atomic E-state index is 0.308. The van der Waals surface area contributed by atoms with E-state index in [4.69, 9.17) is 9.72 Å². The number of nitrogens with zero attached hydrogens (tertiary/aromatic N) is 5. The molecule has 4 heterocycles. The average Bonchev–Trinajstić information content (AvgIpc) is 3.35. The van der Waals surface area contributed by atoms with Crippen molar-refractivity contribution >= 4 is 11.3 Å². The first kappa shape index (κ1) is 17.2. The van der Waals surface area contributed by atoms with Crippen LogP contribution in [0.3, 0.4) is 0 Å². The molecule has 0 amide bonds. The van der Waals surface area contributed by atoms with Crippen LogP contribution in [0.4, 0.5) is 0 Å². The Hall–Kier alpha value is -2.22. The molecule has 1 saturated heterocycles. The van der Waals surface area contributed by atoms with E-state index < -0.39 is 0 Å². The maximum absolute atomic E-state index is 5.84. The van der Waals surface area contributed by atoms with Gasteiger partial charge in [0.1, 0.15) is 0 Å². The summed E-state index contributed by atoms with van der Waals surface area (Å²) < 4.78 is 5.84.